The molecule has 5 nitrogen and oxygen atoms in total. The van der Waals surface area contributed by atoms with E-state index in [1.54, 1.807) is 24.3 Å². The van der Waals surface area contributed by atoms with Crippen LogP contribution in [-0.4, -0.2) is 17.0 Å². The zero-order chi connectivity index (χ0) is 21.1. The molecular formula is C25H22N2O3. The van der Waals surface area contributed by atoms with Gasteiger partial charge in [0.1, 0.15) is 0 Å². The Morgan fingerprint density at radius 2 is 1.87 bits per heavy atom. The van der Waals surface area contributed by atoms with Gasteiger partial charge < -0.3 is 16.2 Å². The van der Waals surface area contributed by atoms with E-state index in [0.29, 0.717) is 23.4 Å². The SMILES string of the molecule is NCc1cccc(-c2cc(C(=O)Nc3ccccc3CC(=O)O)cc3c2C=CC3)c1. The van der Waals surface area contributed by atoms with Gasteiger partial charge in [0.05, 0.1) is 6.42 Å². The normalized spacial score (nSPS) is 11.9. The number of rotatable bonds is 6. The molecule has 0 atom stereocenters. The molecule has 30 heavy (non-hydrogen) atoms. The highest BCUT2D eigenvalue weighted by Crippen LogP contribution is 2.33. The second kappa shape index (κ2) is 8.35. The van der Waals surface area contributed by atoms with Gasteiger partial charge in [-0.3, -0.25) is 9.59 Å². The predicted molar refractivity (Wildman–Crippen MR) is 118 cm³/mol. The van der Waals surface area contributed by atoms with E-state index in [1.807, 2.05) is 36.4 Å². The van der Waals surface area contributed by atoms with E-state index < -0.39 is 5.97 Å². The van der Waals surface area contributed by atoms with Gasteiger partial charge in [-0.25, -0.2) is 0 Å². The van der Waals surface area contributed by atoms with E-state index in [1.165, 1.54) is 0 Å². The average molecular weight is 398 g/mol. The minimum atomic E-state index is -0.942. The van der Waals surface area contributed by atoms with Crippen molar-refractivity contribution in [1.29, 1.82) is 0 Å². The molecule has 4 rings (SSSR count). The number of carbonyl (C=O) groups excluding carboxylic acids is 1. The summed E-state index contributed by atoms with van der Waals surface area (Å²) in [5.41, 5.74) is 12.7. The van der Waals surface area contributed by atoms with E-state index in [-0.39, 0.29) is 12.3 Å². The molecule has 0 spiro atoms. The first-order chi connectivity index (χ1) is 14.5. The third-order valence-corrected chi connectivity index (χ3v) is 5.23. The van der Waals surface area contributed by atoms with Crippen molar-refractivity contribution in [2.24, 2.45) is 5.73 Å². The molecule has 0 saturated heterocycles. The molecule has 1 aliphatic rings. The summed E-state index contributed by atoms with van der Waals surface area (Å²) >= 11 is 0. The number of aliphatic carboxylic acids is 1. The summed E-state index contributed by atoms with van der Waals surface area (Å²) in [7, 11) is 0. The first-order valence-electron chi connectivity index (χ1n) is 9.79. The highest BCUT2D eigenvalue weighted by molar-refractivity contribution is 6.06. The fourth-order valence-corrected chi connectivity index (χ4v) is 3.77. The van der Waals surface area contributed by atoms with E-state index in [2.05, 4.69) is 17.5 Å². The number of amides is 1. The molecule has 4 N–H and O–H groups in total. The van der Waals surface area contributed by atoms with Crippen LogP contribution < -0.4 is 11.1 Å². The van der Waals surface area contributed by atoms with Crippen LogP contribution in [0.1, 0.15) is 32.6 Å². The second-order valence-electron chi connectivity index (χ2n) is 7.29. The van der Waals surface area contributed by atoms with Gasteiger partial charge in [-0.1, -0.05) is 48.6 Å². The van der Waals surface area contributed by atoms with Gasteiger partial charge in [-0.05, 0) is 64.1 Å². The van der Waals surface area contributed by atoms with Crippen molar-refractivity contribution in [2.45, 2.75) is 19.4 Å². The zero-order valence-corrected chi connectivity index (χ0v) is 16.4. The molecule has 0 aliphatic heterocycles. The Hall–Kier alpha value is -3.70. The van der Waals surface area contributed by atoms with Gasteiger partial charge in [-0.2, -0.15) is 0 Å². The Kier molecular flexibility index (Phi) is 5.46. The number of benzene rings is 3. The van der Waals surface area contributed by atoms with Gasteiger partial charge in [0.25, 0.3) is 5.91 Å². The smallest absolute Gasteiger partial charge is 0.307 e. The fourth-order valence-electron chi connectivity index (χ4n) is 3.77. The molecule has 1 aliphatic carbocycles. The first kappa shape index (κ1) is 19.6. The number of allylic oxidation sites excluding steroid dienone is 1. The Labute approximate surface area is 174 Å². The highest BCUT2D eigenvalue weighted by atomic mass is 16.4. The summed E-state index contributed by atoms with van der Waals surface area (Å²) in [6.45, 7) is 0.451. The minimum Gasteiger partial charge on any atom is -0.481 e. The monoisotopic (exact) mass is 398 g/mol. The van der Waals surface area contributed by atoms with Gasteiger partial charge in [-0.15, -0.1) is 0 Å². The van der Waals surface area contributed by atoms with Crippen LogP contribution in [0.3, 0.4) is 0 Å². The van der Waals surface area contributed by atoms with Crippen molar-refractivity contribution in [3.05, 3.63) is 94.6 Å². The van der Waals surface area contributed by atoms with E-state index >= 15 is 0 Å². The minimum absolute atomic E-state index is 0.151. The maximum absolute atomic E-state index is 13.1. The Morgan fingerprint density at radius 1 is 1.03 bits per heavy atom. The summed E-state index contributed by atoms with van der Waals surface area (Å²) in [4.78, 5) is 24.2. The number of hydrogen-bond donors (Lipinski definition) is 3. The Morgan fingerprint density at radius 3 is 2.67 bits per heavy atom. The molecule has 0 bridgehead atoms. The number of carboxylic acids is 1. The summed E-state index contributed by atoms with van der Waals surface area (Å²) in [5, 5.41) is 12.0. The third kappa shape index (κ3) is 4.02. The summed E-state index contributed by atoms with van der Waals surface area (Å²) in [6, 6.07) is 18.8. The lowest BCUT2D eigenvalue weighted by molar-refractivity contribution is -0.136. The molecule has 3 aromatic rings. The number of para-hydroxylation sites is 1. The van der Waals surface area contributed by atoms with Crippen molar-refractivity contribution in [3.8, 4) is 11.1 Å². The molecule has 0 aromatic heterocycles. The van der Waals surface area contributed by atoms with E-state index in [9.17, 15) is 9.59 Å². The van der Waals surface area contributed by atoms with Crippen LogP contribution in [0.15, 0.2) is 66.7 Å². The summed E-state index contributed by atoms with van der Waals surface area (Å²) < 4.78 is 0. The molecule has 3 aromatic carbocycles. The molecule has 0 radical (unpaired) electrons. The molecule has 0 unspecified atom stereocenters. The van der Waals surface area contributed by atoms with Crippen molar-refractivity contribution in [2.75, 3.05) is 5.32 Å². The molecule has 1 amide bonds. The van der Waals surface area contributed by atoms with E-state index in [4.69, 9.17) is 10.8 Å². The Balaban J connectivity index is 1.71. The standard InChI is InChI=1S/C25H22N2O3/c26-15-16-5-3-7-17(11-16)22-13-20(12-18-8-4-9-21(18)22)25(30)27-23-10-2-1-6-19(23)14-24(28)29/h1-7,9-13H,8,14-15,26H2,(H,27,30)(H,28,29). The maximum Gasteiger partial charge on any atom is 0.307 e. The quantitative estimate of drug-likeness (QED) is 0.578. The zero-order valence-electron chi connectivity index (χ0n) is 16.4. The van der Waals surface area contributed by atoms with Crippen molar-refractivity contribution in [3.63, 3.8) is 0 Å². The number of nitrogens with one attached hydrogen (secondary N) is 1. The lowest BCUT2D eigenvalue weighted by Gasteiger charge is -2.14. The van der Waals surface area contributed by atoms with Crippen LogP contribution >= 0.6 is 0 Å². The van der Waals surface area contributed by atoms with Crippen LogP contribution in [0.25, 0.3) is 17.2 Å². The number of anilines is 1. The predicted octanol–water partition coefficient (Wildman–Crippen LogP) is 4.26. The molecule has 5 heteroatoms. The van der Waals surface area contributed by atoms with Gasteiger partial charge in [0, 0.05) is 17.8 Å². The van der Waals surface area contributed by atoms with Crippen LogP contribution in [-0.2, 0) is 24.2 Å². The third-order valence-electron chi connectivity index (χ3n) is 5.23. The lowest BCUT2D eigenvalue weighted by atomic mass is 9.93. The molecule has 150 valence electrons. The van der Waals surface area contributed by atoms with Crippen LogP contribution in [0, 0.1) is 0 Å². The number of carbonyl (C=O) groups is 2. The molecule has 0 saturated carbocycles. The van der Waals surface area contributed by atoms with Gasteiger partial charge >= 0.3 is 5.97 Å². The lowest BCUT2D eigenvalue weighted by Crippen LogP contribution is -2.15. The number of hydrogen-bond acceptors (Lipinski definition) is 3. The first-order valence-corrected chi connectivity index (χ1v) is 9.79. The van der Waals surface area contributed by atoms with Crippen LogP contribution in [0.2, 0.25) is 0 Å². The van der Waals surface area contributed by atoms with Crippen LogP contribution in [0.5, 0.6) is 0 Å². The molecule has 0 fully saturated rings. The Bertz CT molecular complexity index is 1160. The van der Waals surface area contributed by atoms with Gasteiger partial charge in [0.2, 0.25) is 0 Å². The van der Waals surface area contributed by atoms with Crippen molar-refractivity contribution < 1.29 is 14.7 Å². The average Bonchev–Trinajstić information content (AvgIpc) is 3.23. The molecular weight excluding hydrogens is 376 g/mol. The fraction of sp³-hybridized carbons (Fsp3) is 0.120. The van der Waals surface area contributed by atoms with Crippen LogP contribution in [0.4, 0.5) is 5.69 Å². The van der Waals surface area contributed by atoms with E-state index in [0.717, 1.165) is 34.2 Å². The highest BCUT2D eigenvalue weighted by Gasteiger charge is 2.18. The van der Waals surface area contributed by atoms with Gasteiger partial charge in [0.15, 0.2) is 0 Å². The second-order valence-corrected chi connectivity index (χ2v) is 7.29. The number of carboxylic acid groups (broad SMARTS) is 1. The topological polar surface area (TPSA) is 92.4 Å². The largest absolute Gasteiger partial charge is 0.481 e. The summed E-state index contributed by atoms with van der Waals surface area (Å²) in [5.74, 6) is -1.21. The van der Waals surface area contributed by atoms with Crippen molar-refractivity contribution in [1.82, 2.24) is 0 Å². The number of nitrogens with two attached hydrogens (primary N) is 1. The molecule has 0 heterocycles. The van der Waals surface area contributed by atoms with Crippen molar-refractivity contribution >= 4 is 23.6 Å². The number of fused-ring (bicyclic) bond motifs is 1. The maximum atomic E-state index is 13.1. The summed E-state index contributed by atoms with van der Waals surface area (Å²) in [6.07, 6.45) is 4.80.